The molecule has 2 aromatic rings. The van der Waals surface area contributed by atoms with E-state index in [1.165, 1.54) is 11.9 Å². The average molecular weight is 189 g/mol. The van der Waals surface area contributed by atoms with Gasteiger partial charge in [-0.3, -0.25) is 0 Å². The van der Waals surface area contributed by atoms with Gasteiger partial charge in [0.05, 0.1) is 5.69 Å². The zero-order valence-electron chi connectivity index (χ0n) is 8.81. The third kappa shape index (κ3) is 2.42. The molecular formula is C11H15N3. The van der Waals surface area contributed by atoms with Gasteiger partial charge in [-0.25, -0.2) is 9.67 Å². The van der Waals surface area contributed by atoms with Crippen molar-refractivity contribution in [2.75, 3.05) is 0 Å². The molecule has 1 aromatic heterocycles. The molecule has 0 N–H and O–H groups in total. The number of aryl methyl sites for hydroxylation is 1. The molecule has 0 atom stereocenters. The third-order valence-corrected chi connectivity index (χ3v) is 1.72. The Hall–Kier alpha value is -1.64. The van der Waals surface area contributed by atoms with Gasteiger partial charge in [0.1, 0.15) is 12.7 Å². The van der Waals surface area contributed by atoms with Crippen LogP contribution in [-0.4, -0.2) is 14.8 Å². The molecule has 0 aliphatic carbocycles. The molecule has 3 nitrogen and oxygen atoms in total. The highest BCUT2D eigenvalue weighted by molar-refractivity contribution is 5.32. The number of aromatic nitrogens is 3. The Balaban J connectivity index is 0.000000461. The fraction of sp³-hybridized carbons (Fsp3) is 0.273. The molecule has 0 fully saturated rings. The SMILES string of the molecule is CC.Cc1ccc(-n2cncn2)cc1. The lowest BCUT2D eigenvalue weighted by Gasteiger charge is -1.99. The number of benzene rings is 1. The van der Waals surface area contributed by atoms with Crippen molar-refractivity contribution in [1.82, 2.24) is 14.8 Å². The van der Waals surface area contributed by atoms with Crippen molar-refractivity contribution in [3.63, 3.8) is 0 Å². The second-order valence-electron chi connectivity index (χ2n) is 2.68. The molecule has 0 bridgehead atoms. The zero-order valence-corrected chi connectivity index (χ0v) is 8.81. The van der Waals surface area contributed by atoms with Crippen LogP contribution in [0.1, 0.15) is 19.4 Å². The molecule has 74 valence electrons. The Kier molecular flexibility index (Phi) is 3.85. The van der Waals surface area contributed by atoms with Gasteiger partial charge in [-0.1, -0.05) is 31.5 Å². The van der Waals surface area contributed by atoms with Crippen LogP contribution in [0.25, 0.3) is 5.69 Å². The van der Waals surface area contributed by atoms with Crippen LogP contribution < -0.4 is 0 Å². The first-order valence-electron chi connectivity index (χ1n) is 4.78. The second-order valence-corrected chi connectivity index (χ2v) is 2.68. The monoisotopic (exact) mass is 189 g/mol. The van der Waals surface area contributed by atoms with Crippen molar-refractivity contribution < 1.29 is 0 Å². The van der Waals surface area contributed by atoms with Crippen molar-refractivity contribution >= 4 is 0 Å². The van der Waals surface area contributed by atoms with Gasteiger partial charge in [-0.15, -0.1) is 0 Å². The third-order valence-electron chi connectivity index (χ3n) is 1.72. The van der Waals surface area contributed by atoms with Gasteiger partial charge in [-0.05, 0) is 19.1 Å². The Morgan fingerprint density at radius 2 is 1.71 bits per heavy atom. The van der Waals surface area contributed by atoms with Crippen LogP contribution in [0.5, 0.6) is 0 Å². The molecule has 0 saturated heterocycles. The molecule has 0 saturated carbocycles. The first-order chi connectivity index (χ1) is 6.86. The van der Waals surface area contributed by atoms with Crippen LogP contribution in [0.2, 0.25) is 0 Å². The van der Waals surface area contributed by atoms with E-state index >= 15 is 0 Å². The zero-order chi connectivity index (χ0) is 10.4. The topological polar surface area (TPSA) is 30.7 Å². The summed E-state index contributed by atoms with van der Waals surface area (Å²) in [4.78, 5) is 3.87. The van der Waals surface area contributed by atoms with Crippen LogP contribution in [-0.2, 0) is 0 Å². The van der Waals surface area contributed by atoms with E-state index in [-0.39, 0.29) is 0 Å². The van der Waals surface area contributed by atoms with Gasteiger partial charge in [-0.2, -0.15) is 5.10 Å². The maximum absolute atomic E-state index is 4.02. The van der Waals surface area contributed by atoms with Crippen molar-refractivity contribution in [3.8, 4) is 5.69 Å². The minimum Gasteiger partial charge on any atom is -0.223 e. The summed E-state index contributed by atoms with van der Waals surface area (Å²) in [6.07, 6.45) is 3.21. The van der Waals surface area contributed by atoms with Gasteiger partial charge in [0.15, 0.2) is 0 Å². The van der Waals surface area contributed by atoms with Crippen molar-refractivity contribution in [3.05, 3.63) is 42.5 Å². The molecule has 1 heterocycles. The molecule has 1 aromatic carbocycles. The molecule has 3 heteroatoms. The summed E-state index contributed by atoms with van der Waals surface area (Å²) in [6.45, 7) is 6.06. The quantitative estimate of drug-likeness (QED) is 0.690. The molecular weight excluding hydrogens is 174 g/mol. The fourth-order valence-corrected chi connectivity index (χ4v) is 1.04. The average Bonchev–Trinajstić information content (AvgIpc) is 2.75. The smallest absolute Gasteiger partial charge is 0.138 e. The summed E-state index contributed by atoms with van der Waals surface area (Å²) >= 11 is 0. The molecule has 0 unspecified atom stereocenters. The Bertz CT molecular complexity index is 349. The van der Waals surface area contributed by atoms with E-state index in [1.54, 1.807) is 11.0 Å². The molecule has 2 rings (SSSR count). The molecule has 0 amide bonds. The first-order valence-corrected chi connectivity index (χ1v) is 4.78. The lowest BCUT2D eigenvalue weighted by Crippen LogP contribution is -1.93. The lowest BCUT2D eigenvalue weighted by atomic mass is 10.2. The molecule has 0 aliphatic rings. The van der Waals surface area contributed by atoms with E-state index in [0.717, 1.165) is 5.69 Å². The maximum atomic E-state index is 4.02. The van der Waals surface area contributed by atoms with E-state index in [2.05, 4.69) is 29.1 Å². The summed E-state index contributed by atoms with van der Waals surface area (Å²) in [5.74, 6) is 0. The van der Waals surface area contributed by atoms with Crippen molar-refractivity contribution in [2.45, 2.75) is 20.8 Å². The minimum atomic E-state index is 1.04. The molecule has 0 aliphatic heterocycles. The van der Waals surface area contributed by atoms with Gasteiger partial charge >= 0.3 is 0 Å². The summed E-state index contributed by atoms with van der Waals surface area (Å²) in [7, 11) is 0. The Labute approximate surface area is 84.4 Å². The summed E-state index contributed by atoms with van der Waals surface area (Å²) < 4.78 is 1.74. The summed E-state index contributed by atoms with van der Waals surface area (Å²) in [6, 6.07) is 8.14. The number of nitrogens with zero attached hydrogens (tertiary/aromatic N) is 3. The minimum absolute atomic E-state index is 1.04. The van der Waals surface area contributed by atoms with E-state index < -0.39 is 0 Å². The van der Waals surface area contributed by atoms with E-state index in [0.29, 0.717) is 0 Å². The Morgan fingerprint density at radius 3 is 2.21 bits per heavy atom. The number of hydrogen-bond donors (Lipinski definition) is 0. The van der Waals surface area contributed by atoms with Gasteiger partial charge in [0.2, 0.25) is 0 Å². The van der Waals surface area contributed by atoms with Crippen molar-refractivity contribution in [2.24, 2.45) is 0 Å². The lowest BCUT2D eigenvalue weighted by molar-refractivity contribution is 0.878. The Morgan fingerprint density at radius 1 is 1.07 bits per heavy atom. The fourth-order valence-electron chi connectivity index (χ4n) is 1.04. The standard InChI is InChI=1S/C9H9N3.C2H6/c1-8-2-4-9(5-3-8)12-7-10-6-11-12;1-2/h2-7H,1H3;1-2H3. The largest absolute Gasteiger partial charge is 0.223 e. The van der Waals surface area contributed by atoms with Gasteiger partial charge < -0.3 is 0 Å². The predicted molar refractivity (Wildman–Crippen MR) is 57.4 cm³/mol. The van der Waals surface area contributed by atoms with Crippen LogP contribution in [0.4, 0.5) is 0 Å². The summed E-state index contributed by atoms with van der Waals surface area (Å²) in [5, 5.41) is 4.02. The molecule has 14 heavy (non-hydrogen) atoms. The van der Waals surface area contributed by atoms with E-state index in [1.807, 2.05) is 26.0 Å². The molecule has 0 radical (unpaired) electrons. The van der Waals surface area contributed by atoms with Crippen molar-refractivity contribution in [1.29, 1.82) is 0 Å². The number of hydrogen-bond acceptors (Lipinski definition) is 2. The van der Waals surface area contributed by atoms with Crippen LogP contribution in [0.3, 0.4) is 0 Å². The molecule has 0 spiro atoms. The highest BCUT2D eigenvalue weighted by atomic mass is 15.3. The first kappa shape index (κ1) is 10.4. The van der Waals surface area contributed by atoms with Crippen LogP contribution >= 0.6 is 0 Å². The second kappa shape index (κ2) is 5.17. The predicted octanol–water partition coefficient (Wildman–Crippen LogP) is 2.60. The highest BCUT2D eigenvalue weighted by Crippen LogP contribution is 2.06. The van der Waals surface area contributed by atoms with Gasteiger partial charge in [0, 0.05) is 0 Å². The highest BCUT2D eigenvalue weighted by Gasteiger charge is 1.93. The maximum Gasteiger partial charge on any atom is 0.138 e. The number of rotatable bonds is 1. The van der Waals surface area contributed by atoms with E-state index in [4.69, 9.17) is 0 Å². The van der Waals surface area contributed by atoms with Gasteiger partial charge in [0.25, 0.3) is 0 Å². The normalized spacial score (nSPS) is 9.07. The summed E-state index contributed by atoms with van der Waals surface area (Å²) in [5.41, 5.74) is 2.29. The van der Waals surface area contributed by atoms with E-state index in [9.17, 15) is 0 Å². The van der Waals surface area contributed by atoms with Crippen LogP contribution in [0.15, 0.2) is 36.9 Å². The van der Waals surface area contributed by atoms with Crippen LogP contribution in [0, 0.1) is 6.92 Å².